The summed E-state index contributed by atoms with van der Waals surface area (Å²) < 4.78 is 55.9. The van der Waals surface area contributed by atoms with Gasteiger partial charge in [0.2, 0.25) is 10.0 Å². The van der Waals surface area contributed by atoms with Crippen LogP contribution in [-0.4, -0.2) is 39.7 Å². The van der Waals surface area contributed by atoms with Gasteiger partial charge in [0, 0.05) is 4.90 Å². The van der Waals surface area contributed by atoms with Crippen LogP contribution in [0.1, 0.15) is 10.4 Å². The van der Waals surface area contributed by atoms with E-state index in [2.05, 4.69) is 10.0 Å². The largest absolute Gasteiger partial charge is 0.452 e. The molecule has 156 valence electrons. The first-order chi connectivity index (χ1) is 13.6. The number of halogens is 3. The SMILES string of the molecule is CNS(=O)(=O)c1cc(C(=O)OCC(=O)Nc2ccccc2SC(F)F)ccc1Cl. The first kappa shape index (κ1) is 23.1. The van der Waals surface area contributed by atoms with Crippen molar-refractivity contribution in [3.8, 4) is 0 Å². The van der Waals surface area contributed by atoms with Crippen molar-refractivity contribution >= 4 is 50.9 Å². The number of rotatable bonds is 8. The van der Waals surface area contributed by atoms with Crippen molar-refractivity contribution in [2.24, 2.45) is 0 Å². The molecule has 0 aliphatic heterocycles. The van der Waals surface area contributed by atoms with Crippen LogP contribution in [0.2, 0.25) is 5.02 Å². The molecule has 0 unspecified atom stereocenters. The van der Waals surface area contributed by atoms with Crippen LogP contribution in [-0.2, 0) is 19.6 Å². The number of hydrogen-bond donors (Lipinski definition) is 2. The summed E-state index contributed by atoms with van der Waals surface area (Å²) in [6.45, 7) is -0.705. The highest BCUT2D eigenvalue weighted by Gasteiger charge is 2.20. The summed E-state index contributed by atoms with van der Waals surface area (Å²) in [5.74, 6) is -4.38. The van der Waals surface area contributed by atoms with Gasteiger partial charge in [0.25, 0.3) is 11.7 Å². The number of amides is 1. The molecule has 0 bridgehead atoms. The summed E-state index contributed by atoms with van der Waals surface area (Å²) in [6, 6.07) is 9.40. The van der Waals surface area contributed by atoms with Crippen LogP contribution in [0, 0.1) is 0 Å². The lowest BCUT2D eigenvalue weighted by Crippen LogP contribution is -2.22. The Hall–Kier alpha value is -2.21. The average molecular weight is 465 g/mol. The lowest BCUT2D eigenvalue weighted by molar-refractivity contribution is -0.119. The summed E-state index contributed by atoms with van der Waals surface area (Å²) in [5, 5.41) is 2.28. The monoisotopic (exact) mass is 464 g/mol. The van der Waals surface area contributed by atoms with Gasteiger partial charge in [-0.3, -0.25) is 4.79 Å². The minimum Gasteiger partial charge on any atom is -0.452 e. The highest BCUT2D eigenvalue weighted by atomic mass is 35.5. The Morgan fingerprint density at radius 2 is 1.90 bits per heavy atom. The smallest absolute Gasteiger partial charge is 0.338 e. The molecule has 1 amide bonds. The molecule has 29 heavy (non-hydrogen) atoms. The summed E-state index contributed by atoms with van der Waals surface area (Å²) >= 11 is 6.11. The van der Waals surface area contributed by atoms with E-state index in [1.165, 1.54) is 37.4 Å². The Morgan fingerprint density at radius 3 is 2.55 bits per heavy atom. The fourth-order valence-corrected chi connectivity index (χ4v) is 3.96. The van der Waals surface area contributed by atoms with Gasteiger partial charge >= 0.3 is 5.97 Å². The Balaban J connectivity index is 2.05. The zero-order valence-electron chi connectivity index (χ0n) is 14.8. The van der Waals surface area contributed by atoms with Crippen molar-refractivity contribution in [3.05, 3.63) is 53.1 Å². The van der Waals surface area contributed by atoms with Gasteiger partial charge in [-0.05, 0) is 37.4 Å². The van der Waals surface area contributed by atoms with Crippen molar-refractivity contribution in [1.29, 1.82) is 0 Å². The summed E-state index contributed by atoms with van der Waals surface area (Å²) in [6.07, 6.45) is 0. The van der Waals surface area contributed by atoms with Gasteiger partial charge in [0.05, 0.1) is 16.3 Å². The van der Waals surface area contributed by atoms with Crippen molar-refractivity contribution in [3.63, 3.8) is 0 Å². The molecule has 0 spiro atoms. The van der Waals surface area contributed by atoms with Crippen molar-refractivity contribution in [2.45, 2.75) is 15.5 Å². The molecule has 2 aromatic carbocycles. The molecule has 0 radical (unpaired) electrons. The second-order valence-corrected chi connectivity index (χ2v) is 8.65. The fourth-order valence-electron chi connectivity index (χ4n) is 2.12. The van der Waals surface area contributed by atoms with Crippen LogP contribution in [0.5, 0.6) is 0 Å². The Morgan fingerprint density at radius 1 is 1.21 bits per heavy atom. The zero-order chi connectivity index (χ0) is 21.6. The van der Waals surface area contributed by atoms with Gasteiger partial charge < -0.3 is 10.1 Å². The molecule has 0 fully saturated rings. The first-order valence-electron chi connectivity index (χ1n) is 7.88. The summed E-state index contributed by atoms with van der Waals surface area (Å²) in [4.78, 5) is 24.0. The second kappa shape index (κ2) is 10.0. The third-order valence-electron chi connectivity index (χ3n) is 3.44. The predicted molar refractivity (Wildman–Crippen MR) is 105 cm³/mol. The number of carbonyl (C=O) groups is 2. The van der Waals surface area contributed by atoms with E-state index in [-0.39, 0.29) is 37.8 Å². The van der Waals surface area contributed by atoms with E-state index >= 15 is 0 Å². The first-order valence-corrected chi connectivity index (χ1v) is 10.6. The molecule has 2 N–H and O–H groups in total. The van der Waals surface area contributed by atoms with Crippen LogP contribution in [0.25, 0.3) is 0 Å². The van der Waals surface area contributed by atoms with Crippen molar-refractivity contribution in [1.82, 2.24) is 4.72 Å². The number of sulfonamides is 1. The molecule has 0 aliphatic rings. The van der Waals surface area contributed by atoms with E-state index in [9.17, 15) is 26.8 Å². The second-order valence-electron chi connectivity index (χ2n) is 5.35. The van der Waals surface area contributed by atoms with E-state index in [1.807, 2.05) is 0 Å². The molecule has 0 heterocycles. The molecule has 2 rings (SSSR count). The third kappa shape index (κ3) is 6.39. The highest BCUT2D eigenvalue weighted by molar-refractivity contribution is 7.99. The van der Waals surface area contributed by atoms with Crippen LogP contribution < -0.4 is 10.0 Å². The minimum absolute atomic E-state index is 0.0956. The zero-order valence-corrected chi connectivity index (χ0v) is 17.2. The van der Waals surface area contributed by atoms with Gasteiger partial charge in [0.1, 0.15) is 4.90 Å². The van der Waals surface area contributed by atoms with Crippen LogP contribution in [0.4, 0.5) is 14.5 Å². The average Bonchev–Trinajstić information content (AvgIpc) is 2.67. The van der Waals surface area contributed by atoms with Crippen LogP contribution in [0.15, 0.2) is 52.3 Å². The molecule has 12 heteroatoms. The Kier molecular flexibility index (Phi) is 7.96. The quantitative estimate of drug-likeness (QED) is 0.459. The fraction of sp³-hybridized carbons (Fsp3) is 0.176. The number of anilines is 1. The van der Waals surface area contributed by atoms with Gasteiger partial charge in [-0.25, -0.2) is 17.9 Å². The molecule has 2 aromatic rings. The molecule has 7 nitrogen and oxygen atoms in total. The van der Waals surface area contributed by atoms with Gasteiger partial charge in [0.15, 0.2) is 6.61 Å². The number of alkyl halides is 2. The molecule has 0 atom stereocenters. The van der Waals surface area contributed by atoms with Crippen molar-refractivity contribution < 1.29 is 31.5 Å². The van der Waals surface area contributed by atoms with E-state index in [1.54, 1.807) is 6.07 Å². The van der Waals surface area contributed by atoms with Gasteiger partial charge in [-0.15, -0.1) is 0 Å². The number of esters is 1. The predicted octanol–water partition coefficient (Wildman–Crippen LogP) is 3.36. The molecular formula is C17H15ClF2N2O5S2. The highest BCUT2D eigenvalue weighted by Crippen LogP contribution is 2.31. The minimum atomic E-state index is -3.90. The maximum atomic E-state index is 12.6. The summed E-state index contributed by atoms with van der Waals surface area (Å²) in [7, 11) is -2.72. The van der Waals surface area contributed by atoms with Crippen molar-refractivity contribution in [2.75, 3.05) is 19.0 Å². The number of ether oxygens (including phenoxy) is 1. The molecule has 0 aliphatic carbocycles. The lowest BCUT2D eigenvalue weighted by Gasteiger charge is -2.11. The standard InChI is InChI=1S/C17H15ClF2N2O5S2/c1-21-29(25,26)14-8-10(6-7-11(14)18)16(24)27-9-15(23)22-12-4-2-3-5-13(12)28-17(19)20/h2-8,17,21H,9H2,1H3,(H,22,23). The maximum Gasteiger partial charge on any atom is 0.338 e. The maximum absolute atomic E-state index is 12.6. The van der Waals surface area contributed by atoms with E-state index in [4.69, 9.17) is 16.3 Å². The molecule has 0 saturated carbocycles. The molecule has 0 aromatic heterocycles. The van der Waals surface area contributed by atoms with Crippen LogP contribution in [0.3, 0.4) is 0 Å². The van der Waals surface area contributed by atoms with Gasteiger partial charge in [-0.2, -0.15) is 8.78 Å². The topological polar surface area (TPSA) is 102 Å². The number of carbonyl (C=O) groups excluding carboxylic acids is 2. The van der Waals surface area contributed by atoms with Gasteiger partial charge in [-0.1, -0.05) is 35.5 Å². The number of nitrogens with one attached hydrogen (secondary N) is 2. The number of para-hydroxylation sites is 1. The molecular weight excluding hydrogens is 450 g/mol. The lowest BCUT2D eigenvalue weighted by atomic mass is 10.2. The number of thioether (sulfide) groups is 1. The summed E-state index contributed by atoms with van der Waals surface area (Å²) in [5.41, 5.74) is 0.0115. The Bertz CT molecular complexity index is 1020. The normalized spacial score (nSPS) is 11.3. The van der Waals surface area contributed by atoms with E-state index < -0.39 is 34.3 Å². The van der Waals surface area contributed by atoms with E-state index in [0.29, 0.717) is 0 Å². The number of hydrogen-bond acceptors (Lipinski definition) is 6. The number of benzene rings is 2. The Labute approximate surface area is 174 Å². The van der Waals surface area contributed by atoms with E-state index in [0.717, 1.165) is 6.07 Å². The van der Waals surface area contributed by atoms with Crippen LogP contribution >= 0.6 is 23.4 Å². The third-order valence-corrected chi connectivity index (χ3v) is 6.12. The molecule has 0 saturated heterocycles.